The highest BCUT2D eigenvalue weighted by Gasteiger charge is 2.29. The molecule has 0 saturated carbocycles. The molecule has 6 heteroatoms. The minimum Gasteiger partial charge on any atom is -0.479 e. The maximum atomic E-state index is 12.0. The highest BCUT2D eigenvalue weighted by molar-refractivity contribution is 6.00. The van der Waals surface area contributed by atoms with E-state index in [0.29, 0.717) is 28.5 Å². The van der Waals surface area contributed by atoms with Gasteiger partial charge in [0.05, 0.1) is 12.3 Å². The normalized spacial score (nSPS) is 17.6. The van der Waals surface area contributed by atoms with Crippen molar-refractivity contribution in [1.29, 1.82) is 0 Å². The van der Waals surface area contributed by atoms with Gasteiger partial charge in [-0.1, -0.05) is 5.16 Å². The van der Waals surface area contributed by atoms with E-state index in [9.17, 15) is 9.90 Å². The van der Waals surface area contributed by atoms with Gasteiger partial charge in [-0.2, -0.15) is 0 Å². The molecule has 1 aliphatic heterocycles. The predicted molar refractivity (Wildman–Crippen MR) is 76.1 cm³/mol. The fraction of sp³-hybridized carbons (Fsp3) is 0.333. The van der Waals surface area contributed by atoms with Gasteiger partial charge < -0.3 is 19.3 Å². The number of fused-ring (bicyclic) bond motifs is 1. The molecule has 21 heavy (non-hydrogen) atoms. The van der Waals surface area contributed by atoms with Gasteiger partial charge in [-0.15, -0.1) is 0 Å². The Labute approximate surface area is 121 Å². The Morgan fingerprint density at radius 3 is 2.90 bits per heavy atom. The monoisotopic (exact) mass is 288 g/mol. The minimum atomic E-state index is -0.490. The van der Waals surface area contributed by atoms with Crippen LogP contribution < -0.4 is 9.64 Å². The van der Waals surface area contributed by atoms with Gasteiger partial charge in [0, 0.05) is 18.2 Å². The quantitative estimate of drug-likeness (QED) is 0.913. The number of ether oxygens (including phenoxy) is 1. The van der Waals surface area contributed by atoms with Crippen LogP contribution in [-0.4, -0.2) is 29.3 Å². The summed E-state index contributed by atoms with van der Waals surface area (Å²) in [6, 6.07) is 5.45. The Balaban J connectivity index is 2.09. The summed E-state index contributed by atoms with van der Waals surface area (Å²) in [6.45, 7) is 3.32. The van der Waals surface area contributed by atoms with E-state index in [4.69, 9.17) is 9.26 Å². The first-order valence-electron chi connectivity index (χ1n) is 6.67. The SMILES string of the molecule is Cc1onc(-c2ccc3c(c2)N(C)C(=O)C(C)O3)c1CO. The molecule has 0 spiro atoms. The lowest BCUT2D eigenvalue weighted by molar-refractivity contribution is -0.125. The summed E-state index contributed by atoms with van der Waals surface area (Å²) < 4.78 is 10.7. The molecule has 0 radical (unpaired) electrons. The van der Waals surface area contributed by atoms with Crippen molar-refractivity contribution in [2.75, 3.05) is 11.9 Å². The van der Waals surface area contributed by atoms with Gasteiger partial charge in [-0.25, -0.2) is 0 Å². The number of aliphatic hydroxyl groups is 1. The zero-order chi connectivity index (χ0) is 15.1. The van der Waals surface area contributed by atoms with Crippen molar-refractivity contribution in [3.05, 3.63) is 29.5 Å². The summed E-state index contributed by atoms with van der Waals surface area (Å²) in [6.07, 6.45) is -0.490. The zero-order valence-corrected chi connectivity index (χ0v) is 12.1. The smallest absolute Gasteiger partial charge is 0.267 e. The molecule has 2 heterocycles. The fourth-order valence-electron chi connectivity index (χ4n) is 2.46. The van der Waals surface area contributed by atoms with Crippen molar-refractivity contribution in [2.45, 2.75) is 26.6 Å². The highest BCUT2D eigenvalue weighted by atomic mass is 16.5. The van der Waals surface area contributed by atoms with Crippen molar-refractivity contribution in [2.24, 2.45) is 0 Å². The second kappa shape index (κ2) is 4.89. The highest BCUT2D eigenvalue weighted by Crippen LogP contribution is 2.37. The number of rotatable bonds is 2. The van der Waals surface area contributed by atoms with Crippen molar-refractivity contribution in [3.8, 4) is 17.0 Å². The second-order valence-electron chi connectivity index (χ2n) is 5.06. The molecule has 0 saturated heterocycles. The van der Waals surface area contributed by atoms with Crippen molar-refractivity contribution in [3.63, 3.8) is 0 Å². The number of amides is 1. The lowest BCUT2D eigenvalue weighted by Crippen LogP contribution is -2.41. The molecule has 1 N–H and O–H groups in total. The van der Waals surface area contributed by atoms with Crippen LogP contribution in [0.3, 0.4) is 0 Å². The molecule has 1 aliphatic rings. The molecule has 1 unspecified atom stereocenters. The van der Waals surface area contributed by atoms with Gasteiger partial charge in [0.1, 0.15) is 17.2 Å². The Morgan fingerprint density at radius 1 is 1.43 bits per heavy atom. The van der Waals surface area contributed by atoms with E-state index in [-0.39, 0.29) is 12.5 Å². The largest absolute Gasteiger partial charge is 0.479 e. The number of benzene rings is 1. The molecule has 1 aromatic heterocycles. The van der Waals surface area contributed by atoms with Crippen LogP contribution in [0.2, 0.25) is 0 Å². The number of hydrogen-bond donors (Lipinski definition) is 1. The van der Waals surface area contributed by atoms with Crippen LogP contribution in [0.15, 0.2) is 22.7 Å². The summed E-state index contributed by atoms with van der Waals surface area (Å²) in [5, 5.41) is 13.4. The van der Waals surface area contributed by atoms with Gasteiger partial charge in [-0.3, -0.25) is 4.79 Å². The third-order valence-electron chi connectivity index (χ3n) is 3.72. The number of nitrogens with zero attached hydrogens (tertiary/aromatic N) is 2. The van der Waals surface area contributed by atoms with E-state index in [1.807, 2.05) is 12.1 Å². The van der Waals surface area contributed by atoms with E-state index >= 15 is 0 Å². The lowest BCUT2D eigenvalue weighted by Gasteiger charge is -2.30. The molecule has 1 atom stereocenters. The fourth-order valence-corrected chi connectivity index (χ4v) is 2.46. The van der Waals surface area contributed by atoms with Gasteiger partial charge in [-0.05, 0) is 32.0 Å². The van der Waals surface area contributed by atoms with Crippen LogP contribution in [0.5, 0.6) is 5.75 Å². The molecule has 3 rings (SSSR count). The molecular formula is C15H16N2O4. The van der Waals surface area contributed by atoms with Crippen molar-refractivity contribution in [1.82, 2.24) is 5.16 Å². The van der Waals surface area contributed by atoms with Crippen molar-refractivity contribution < 1.29 is 19.2 Å². The van der Waals surface area contributed by atoms with E-state index < -0.39 is 6.10 Å². The maximum Gasteiger partial charge on any atom is 0.267 e. The number of aromatic nitrogens is 1. The van der Waals surface area contributed by atoms with Crippen LogP contribution in [0, 0.1) is 6.92 Å². The number of hydrogen-bond acceptors (Lipinski definition) is 5. The van der Waals surface area contributed by atoms with Crippen LogP contribution in [0.4, 0.5) is 5.69 Å². The van der Waals surface area contributed by atoms with Crippen LogP contribution in [-0.2, 0) is 11.4 Å². The van der Waals surface area contributed by atoms with Crippen molar-refractivity contribution >= 4 is 11.6 Å². The van der Waals surface area contributed by atoms with E-state index in [2.05, 4.69) is 5.16 Å². The van der Waals surface area contributed by atoms with Crippen LogP contribution in [0.1, 0.15) is 18.2 Å². The third-order valence-corrected chi connectivity index (χ3v) is 3.72. The molecule has 0 fully saturated rings. The minimum absolute atomic E-state index is 0.0987. The standard InChI is InChI=1S/C15H16N2O4/c1-8-11(7-18)14(16-21-8)10-4-5-13-12(6-10)17(3)15(19)9(2)20-13/h4-6,9,18H,7H2,1-3H3. The maximum absolute atomic E-state index is 12.0. The Hall–Kier alpha value is -2.34. The second-order valence-corrected chi connectivity index (χ2v) is 5.06. The first-order valence-corrected chi connectivity index (χ1v) is 6.67. The number of aryl methyl sites for hydroxylation is 1. The predicted octanol–water partition coefficient (Wildman–Crippen LogP) is 1.89. The molecule has 1 aromatic carbocycles. The molecule has 0 aliphatic carbocycles. The number of carbonyl (C=O) groups is 1. The molecule has 110 valence electrons. The average Bonchev–Trinajstić information content (AvgIpc) is 2.85. The Bertz CT molecular complexity index is 708. The van der Waals surface area contributed by atoms with Gasteiger partial charge in [0.2, 0.25) is 0 Å². The zero-order valence-electron chi connectivity index (χ0n) is 12.1. The van der Waals surface area contributed by atoms with Gasteiger partial charge in [0.15, 0.2) is 6.10 Å². The summed E-state index contributed by atoms with van der Waals surface area (Å²) in [5.41, 5.74) is 2.68. The Morgan fingerprint density at radius 2 is 2.19 bits per heavy atom. The number of aliphatic hydroxyl groups excluding tert-OH is 1. The lowest BCUT2D eigenvalue weighted by atomic mass is 10.0. The summed E-state index contributed by atoms with van der Waals surface area (Å²) in [5.74, 6) is 1.14. The number of carbonyl (C=O) groups excluding carboxylic acids is 1. The van der Waals surface area contributed by atoms with Gasteiger partial charge >= 0.3 is 0 Å². The van der Waals surface area contributed by atoms with E-state index in [1.54, 1.807) is 31.9 Å². The first-order chi connectivity index (χ1) is 10.0. The Kier molecular flexibility index (Phi) is 3.17. The third kappa shape index (κ3) is 2.08. The average molecular weight is 288 g/mol. The summed E-state index contributed by atoms with van der Waals surface area (Å²) >= 11 is 0. The number of anilines is 1. The molecule has 2 aromatic rings. The number of likely N-dealkylation sites (N-methyl/N-ethyl adjacent to an activating group) is 1. The van der Waals surface area contributed by atoms with Crippen LogP contribution >= 0.6 is 0 Å². The van der Waals surface area contributed by atoms with Crippen LogP contribution in [0.25, 0.3) is 11.3 Å². The van der Waals surface area contributed by atoms with E-state index in [0.717, 1.165) is 5.56 Å². The molecular weight excluding hydrogens is 272 g/mol. The van der Waals surface area contributed by atoms with E-state index in [1.165, 1.54) is 0 Å². The first kappa shape index (κ1) is 13.6. The topological polar surface area (TPSA) is 75.8 Å². The molecule has 0 bridgehead atoms. The molecule has 6 nitrogen and oxygen atoms in total. The van der Waals surface area contributed by atoms with Gasteiger partial charge in [0.25, 0.3) is 5.91 Å². The molecule has 1 amide bonds. The summed E-state index contributed by atoms with van der Waals surface area (Å²) in [4.78, 5) is 13.6. The summed E-state index contributed by atoms with van der Waals surface area (Å²) in [7, 11) is 1.71.